The monoisotopic (exact) mass is 375 g/mol. The Morgan fingerprint density at radius 1 is 0.571 bits per heavy atom. The fraction of sp³-hybridized carbons (Fsp3) is 0. The fourth-order valence-corrected chi connectivity index (χ4v) is 5.07. The Bertz CT molecular complexity index is 1450. The lowest BCUT2D eigenvalue weighted by Crippen LogP contribution is -1.97. The van der Waals surface area contributed by atoms with Gasteiger partial charge in [-0.05, 0) is 35.2 Å². The summed E-state index contributed by atoms with van der Waals surface area (Å²) in [6.45, 7) is 0. The van der Waals surface area contributed by atoms with Crippen molar-refractivity contribution in [1.82, 2.24) is 4.57 Å². The first-order valence-corrected chi connectivity index (χ1v) is 10.3. The van der Waals surface area contributed by atoms with Gasteiger partial charge in [0.2, 0.25) is 0 Å². The van der Waals surface area contributed by atoms with Crippen molar-refractivity contribution in [2.75, 3.05) is 0 Å². The van der Waals surface area contributed by atoms with E-state index in [1.807, 2.05) is 0 Å². The molecule has 0 fully saturated rings. The lowest BCUT2D eigenvalue weighted by atomic mass is 10.0. The van der Waals surface area contributed by atoms with Crippen LogP contribution >= 0.6 is 11.3 Å². The van der Waals surface area contributed by atoms with E-state index in [1.165, 1.54) is 48.7 Å². The van der Waals surface area contributed by atoms with Gasteiger partial charge < -0.3 is 4.57 Å². The van der Waals surface area contributed by atoms with Crippen LogP contribution in [0.1, 0.15) is 0 Å². The van der Waals surface area contributed by atoms with Gasteiger partial charge in [-0.3, -0.25) is 0 Å². The van der Waals surface area contributed by atoms with Gasteiger partial charge >= 0.3 is 0 Å². The van der Waals surface area contributed by atoms with Crippen molar-refractivity contribution in [2.24, 2.45) is 0 Å². The number of aromatic nitrogens is 1. The number of rotatable bonds is 2. The molecule has 0 amide bonds. The van der Waals surface area contributed by atoms with Gasteiger partial charge in [0.15, 0.2) is 0 Å². The van der Waals surface area contributed by atoms with Crippen LogP contribution in [0.4, 0.5) is 0 Å². The highest BCUT2D eigenvalue weighted by molar-refractivity contribution is 7.17. The summed E-state index contributed by atoms with van der Waals surface area (Å²) in [4.78, 5) is 0. The molecular weight excluding hydrogens is 358 g/mol. The second-order valence-electron chi connectivity index (χ2n) is 7.03. The van der Waals surface area contributed by atoms with E-state index in [0.717, 1.165) is 0 Å². The molecule has 0 unspecified atom stereocenters. The average molecular weight is 375 g/mol. The quantitative estimate of drug-likeness (QED) is 0.293. The Hall–Kier alpha value is -3.36. The van der Waals surface area contributed by atoms with Gasteiger partial charge in [0.05, 0.1) is 16.7 Å². The van der Waals surface area contributed by atoms with Gasteiger partial charge in [-0.25, -0.2) is 0 Å². The first-order chi connectivity index (χ1) is 13.9. The Morgan fingerprint density at radius 3 is 2.29 bits per heavy atom. The molecule has 6 rings (SSSR count). The summed E-state index contributed by atoms with van der Waals surface area (Å²) in [7, 11) is 0. The first-order valence-electron chi connectivity index (χ1n) is 9.46. The predicted octanol–water partition coefficient (Wildman–Crippen LogP) is 7.67. The number of nitrogens with zero attached hydrogens (tertiary/aromatic N) is 1. The van der Waals surface area contributed by atoms with Gasteiger partial charge in [0, 0.05) is 26.4 Å². The topological polar surface area (TPSA) is 4.93 Å². The zero-order valence-electron chi connectivity index (χ0n) is 15.2. The molecular formula is C26H17NS. The van der Waals surface area contributed by atoms with Crippen LogP contribution in [0, 0.1) is 0 Å². The Morgan fingerprint density at radius 2 is 1.36 bits per heavy atom. The van der Waals surface area contributed by atoms with Crippen LogP contribution in [0.3, 0.4) is 0 Å². The molecule has 0 aliphatic heterocycles. The maximum absolute atomic E-state index is 2.45. The third kappa shape index (κ3) is 2.19. The van der Waals surface area contributed by atoms with Crippen molar-refractivity contribution in [3.05, 3.63) is 102 Å². The summed E-state index contributed by atoms with van der Waals surface area (Å²) in [5.74, 6) is 0. The molecule has 0 radical (unpaired) electrons. The highest BCUT2D eigenvalue weighted by atomic mass is 32.1. The molecule has 132 valence electrons. The first kappa shape index (κ1) is 15.7. The van der Waals surface area contributed by atoms with E-state index in [0.29, 0.717) is 0 Å². The summed E-state index contributed by atoms with van der Waals surface area (Å²) >= 11 is 1.80. The lowest BCUT2D eigenvalue weighted by Gasteiger charge is -2.14. The van der Waals surface area contributed by atoms with E-state index in [2.05, 4.69) is 107 Å². The largest absolute Gasteiger partial charge is 0.308 e. The van der Waals surface area contributed by atoms with Gasteiger partial charge in [-0.2, -0.15) is 0 Å². The van der Waals surface area contributed by atoms with Crippen molar-refractivity contribution in [3.63, 3.8) is 0 Å². The summed E-state index contributed by atoms with van der Waals surface area (Å²) in [6.07, 6.45) is 0. The van der Waals surface area contributed by atoms with Gasteiger partial charge in [0.1, 0.15) is 0 Å². The Labute approximate surface area is 167 Å². The normalized spacial score (nSPS) is 11.6. The van der Waals surface area contributed by atoms with Crippen LogP contribution in [0.25, 0.3) is 48.7 Å². The molecule has 4 aromatic carbocycles. The van der Waals surface area contributed by atoms with Crippen molar-refractivity contribution in [1.29, 1.82) is 0 Å². The highest BCUT2D eigenvalue weighted by Crippen LogP contribution is 2.40. The molecule has 0 saturated carbocycles. The average Bonchev–Trinajstić information content (AvgIpc) is 3.37. The maximum Gasteiger partial charge on any atom is 0.0628 e. The molecule has 2 heteroatoms. The van der Waals surface area contributed by atoms with Gasteiger partial charge in [0.25, 0.3) is 0 Å². The van der Waals surface area contributed by atoms with Crippen LogP contribution < -0.4 is 0 Å². The van der Waals surface area contributed by atoms with Gasteiger partial charge in [-0.1, -0.05) is 72.8 Å². The molecule has 0 atom stereocenters. The summed E-state index contributed by atoms with van der Waals surface area (Å²) in [6, 6.07) is 34.9. The standard InChI is InChI=1S/C26H17NS/c1-2-8-18(9-3-1)19-10-4-6-12-23(19)27-24-13-7-5-11-20(24)21-14-15-25-22(26(21)27)16-17-28-25/h1-17H. The molecule has 28 heavy (non-hydrogen) atoms. The van der Waals surface area contributed by atoms with E-state index < -0.39 is 0 Å². The van der Waals surface area contributed by atoms with Crippen molar-refractivity contribution in [3.8, 4) is 16.8 Å². The molecule has 1 nitrogen and oxygen atoms in total. The maximum atomic E-state index is 2.45. The van der Waals surface area contributed by atoms with Crippen LogP contribution in [-0.2, 0) is 0 Å². The lowest BCUT2D eigenvalue weighted by molar-refractivity contribution is 1.19. The van der Waals surface area contributed by atoms with Crippen LogP contribution in [0.5, 0.6) is 0 Å². The minimum absolute atomic E-state index is 1.22. The number of hydrogen-bond acceptors (Lipinski definition) is 1. The van der Waals surface area contributed by atoms with Crippen molar-refractivity contribution >= 4 is 43.2 Å². The third-order valence-electron chi connectivity index (χ3n) is 5.50. The number of para-hydroxylation sites is 2. The van der Waals surface area contributed by atoms with E-state index in [-0.39, 0.29) is 0 Å². The highest BCUT2D eigenvalue weighted by Gasteiger charge is 2.17. The van der Waals surface area contributed by atoms with E-state index in [1.54, 1.807) is 11.3 Å². The summed E-state index contributed by atoms with van der Waals surface area (Å²) < 4.78 is 3.77. The van der Waals surface area contributed by atoms with Crippen LogP contribution in [-0.4, -0.2) is 4.57 Å². The molecule has 2 heterocycles. The van der Waals surface area contributed by atoms with Crippen LogP contribution in [0.15, 0.2) is 102 Å². The molecule has 0 aliphatic carbocycles. The SMILES string of the molecule is c1ccc(-c2ccccc2-n2c3ccccc3c3ccc4sccc4c32)cc1. The zero-order chi connectivity index (χ0) is 18.5. The molecule has 0 N–H and O–H groups in total. The molecule has 0 aliphatic rings. The zero-order valence-corrected chi connectivity index (χ0v) is 16.0. The Balaban J connectivity index is 1.82. The number of thiophene rings is 1. The molecule has 6 aromatic rings. The predicted molar refractivity (Wildman–Crippen MR) is 122 cm³/mol. The van der Waals surface area contributed by atoms with Gasteiger partial charge in [-0.15, -0.1) is 11.3 Å². The number of fused-ring (bicyclic) bond motifs is 5. The van der Waals surface area contributed by atoms with E-state index >= 15 is 0 Å². The third-order valence-corrected chi connectivity index (χ3v) is 6.38. The summed E-state index contributed by atoms with van der Waals surface area (Å²) in [5, 5.41) is 6.12. The Kier molecular flexibility index (Phi) is 3.40. The number of benzene rings is 4. The summed E-state index contributed by atoms with van der Waals surface area (Å²) in [5.41, 5.74) is 6.25. The molecule has 0 saturated heterocycles. The van der Waals surface area contributed by atoms with E-state index in [4.69, 9.17) is 0 Å². The fourth-order valence-electron chi connectivity index (χ4n) is 4.28. The smallest absolute Gasteiger partial charge is 0.0628 e. The second-order valence-corrected chi connectivity index (χ2v) is 7.98. The second kappa shape index (κ2) is 6.08. The molecule has 2 aromatic heterocycles. The molecule has 0 bridgehead atoms. The number of hydrogen-bond donors (Lipinski definition) is 0. The minimum Gasteiger partial charge on any atom is -0.308 e. The van der Waals surface area contributed by atoms with Crippen LogP contribution in [0.2, 0.25) is 0 Å². The van der Waals surface area contributed by atoms with Crippen molar-refractivity contribution < 1.29 is 0 Å². The van der Waals surface area contributed by atoms with Crippen molar-refractivity contribution in [2.45, 2.75) is 0 Å². The molecule has 0 spiro atoms. The minimum atomic E-state index is 1.22. The van der Waals surface area contributed by atoms with E-state index in [9.17, 15) is 0 Å².